The molecular weight excluding hydrogens is 306 g/mol. The van der Waals surface area contributed by atoms with E-state index in [0.717, 1.165) is 36.1 Å². The summed E-state index contributed by atoms with van der Waals surface area (Å²) in [6.45, 7) is 1.48. The van der Waals surface area contributed by atoms with Gasteiger partial charge < -0.3 is 9.30 Å². The number of nitrogens with zero attached hydrogens (tertiary/aromatic N) is 4. The summed E-state index contributed by atoms with van der Waals surface area (Å²) in [7, 11) is 0. The lowest BCUT2D eigenvalue weighted by molar-refractivity contribution is 0.306. The van der Waals surface area contributed by atoms with Crippen LogP contribution in [-0.4, -0.2) is 30.7 Å². The van der Waals surface area contributed by atoms with Crippen molar-refractivity contribution in [3.63, 3.8) is 0 Å². The second-order valence-electron chi connectivity index (χ2n) is 5.94. The monoisotopic (exact) mass is 321 g/mol. The quantitative estimate of drug-likeness (QED) is 0.539. The fourth-order valence-electron chi connectivity index (χ4n) is 3.29. The number of aromatic amines is 1. The topological polar surface area (TPSA) is 77.7 Å². The highest BCUT2D eigenvalue weighted by atomic mass is 16.5. The molecule has 1 aliphatic heterocycles. The average molecular weight is 321 g/mol. The summed E-state index contributed by atoms with van der Waals surface area (Å²) in [6, 6.07) is 7.64. The zero-order chi connectivity index (χ0) is 16.1. The molecule has 0 fully saturated rings. The molecule has 0 unspecified atom stereocenters. The average Bonchev–Trinajstić information content (AvgIpc) is 3.13. The summed E-state index contributed by atoms with van der Waals surface area (Å²) < 4.78 is 9.67. The Kier molecular flexibility index (Phi) is 2.76. The van der Waals surface area contributed by atoms with Crippen molar-refractivity contribution in [3.05, 3.63) is 47.3 Å². The number of imidazole rings is 2. The molecule has 4 aromatic rings. The molecule has 7 nitrogen and oxygen atoms in total. The van der Waals surface area contributed by atoms with Gasteiger partial charge in [0.15, 0.2) is 5.65 Å². The third kappa shape index (κ3) is 1.87. The van der Waals surface area contributed by atoms with Gasteiger partial charge in [-0.15, -0.1) is 0 Å². The molecule has 0 radical (unpaired) electrons. The Morgan fingerprint density at radius 1 is 1.17 bits per heavy atom. The number of nitrogens with one attached hydrogen (secondary N) is 1. The molecule has 1 N–H and O–H groups in total. The Bertz CT molecular complexity index is 1120. The van der Waals surface area contributed by atoms with E-state index in [1.807, 2.05) is 24.5 Å². The number of aryl methyl sites for hydroxylation is 1. The first-order valence-corrected chi connectivity index (χ1v) is 7.99. The fraction of sp³-hybridized carbons (Fsp3) is 0.235. The Morgan fingerprint density at radius 3 is 3.08 bits per heavy atom. The van der Waals surface area contributed by atoms with Crippen molar-refractivity contribution in [2.24, 2.45) is 0 Å². The Labute approximate surface area is 136 Å². The van der Waals surface area contributed by atoms with Gasteiger partial charge in [-0.2, -0.15) is 0 Å². The lowest BCUT2D eigenvalue weighted by atomic mass is 10.2. The van der Waals surface area contributed by atoms with Crippen molar-refractivity contribution < 1.29 is 4.74 Å². The van der Waals surface area contributed by atoms with Crippen molar-refractivity contribution in [1.82, 2.24) is 24.1 Å². The van der Waals surface area contributed by atoms with E-state index in [9.17, 15) is 4.79 Å². The van der Waals surface area contributed by atoms with Crippen LogP contribution in [0.4, 0.5) is 0 Å². The first-order chi connectivity index (χ1) is 11.8. The molecule has 0 amide bonds. The number of hydrogen-bond acceptors (Lipinski definition) is 4. The largest absolute Gasteiger partial charge is 0.491 e. The molecular formula is C17H15N5O2. The van der Waals surface area contributed by atoms with Gasteiger partial charge >= 0.3 is 5.69 Å². The van der Waals surface area contributed by atoms with Gasteiger partial charge in [0.05, 0.1) is 29.7 Å². The summed E-state index contributed by atoms with van der Waals surface area (Å²) >= 11 is 0. The van der Waals surface area contributed by atoms with Crippen molar-refractivity contribution >= 4 is 22.2 Å². The summed E-state index contributed by atoms with van der Waals surface area (Å²) in [5.41, 5.74) is 3.71. The summed E-state index contributed by atoms with van der Waals surface area (Å²) in [4.78, 5) is 24.0. The molecule has 5 rings (SSSR count). The maximum atomic E-state index is 12.5. The number of aromatic nitrogens is 5. The van der Waals surface area contributed by atoms with Gasteiger partial charge in [0, 0.05) is 18.8 Å². The standard InChI is InChI=1S/C17H15N5O2/c23-17-20-16-15-14(5-6-18-16)24-8-2-1-7-21-10-19-12-4-3-11(22(15)17)9-13(12)21/h3-6,9-10H,1-2,7-8H2,(H,18,20,23). The molecule has 120 valence electrons. The summed E-state index contributed by atoms with van der Waals surface area (Å²) in [5, 5.41) is 0. The number of fused-ring (bicyclic) bond motifs is 2. The van der Waals surface area contributed by atoms with E-state index < -0.39 is 0 Å². The van der Waals surface area contributed by atoms with Gasteiger partial charge in [-0.05, 0) is 31.0 Å². The van der Waals surface area contributed by atoms with Crippen LogP contribution in [0.15, 0.2) is 41.6 Å². The molecule has 4 heterocycles. The minimum absolute atomic E-state index is 0.226. The number of hydrogen-bond donors (Lipinski definition) is 1. The van der Waals surface area contributed by atoms with Crippen LogP contribution in [-0.2, 0) is 6.54 Å². The number of H-pyrrole nitrogens is 1. The van der Waals surface area contributed by atoms with Crippen molar-refractivity contribution in [3.8, 4) is 11.4 Å². The van der Waals surface area contributed by atoms with Gasteiger partial charge in [-0.3, -0.25) is 9.55 Å². The van der Waals surface area contributed by atoms with Gasteiger partial charge in [-0.1, -0.05) is 0 Å². The number of rotatable bonds is 0. The molecule has 7 heteroatoms. The maximum Gasteiger partial charge on any atom is 0.332 e. The maximum absolute atomic E-state index is 12.5. The molecule has 1 aromatic carbocycles. The first kappa shape index (κ1) is 13.4. The minimum Gasteiger partial charge on any atom is -0.491 e. The number of pyridine rings is 1. The van der Waals surface area contributed by atoms with E-state index in [-0.39, 0.29) is 5.69 Å². The highest BCUT2D eigenvalue weighted by Crippen LogP contribution is 2.27. The molecule has 1 aliphatic rings. The van der Waals surface area contributed by atoms with Gasteiger partial charge in [0.1, 0.15) is 11.3 Å². The number of benzene rings is 1. The summed E-state index contributed by atoms with van der Waals surface area (Å²) in [6.07, 6.45) is 5.44. The van der Waals surface area contributed by atoms with Crippen LogP contribution >= 0.6 is 0 Å². The van der Waals surface area contributed by atoms with E-state index in [4.69, 9.17) is 4.74 Å². The number of ether oxygens (including phenoxy) is 1. The molecule has 0 aliphatic carbocycles. The van der Waals surface area contributed by atoms with Crippen LogP contribution in [0, 0.1) is 0 Å². The highest BCUT2D eigenvalue weighted by Gasteiger charge is 2.16. The van der Waals surface area contributed by atoms with Crippen LogP contribution in [0.1, 0.15) is 12.8 Å². The fourth-order valence-corrected chi connectivity index (χ4v) is 3.29. The second kappa shape index (κ2) is 4.95. The lowest BCUT2D eigenvalue weighted by Crippen LogP contribution is -2.15. The Hall–Kier alpha value is -3.09. The molecule has 24 heavy (non-hydrogen) atoms. The minimum atomic E-state index is -0.226. The van der Waals surface area contributed by atoms with E-state index in [1.165, 1.54) is 0 Å². The highest BCUT2D eigenvalue weighted by molar-refractivity contribution is 5.83. The molecule has 0 atom stereocenters. The molecule has 0 saturated carbocycles. The Morgan fingerprint density at radius 2 is 2.12 bits per heavy atom. The zero-order valence-corrected chi connectivity index (χ0v) is 12.9. The lowest BCUT2D eigenvalue weighted by Gasteiger charge is -2.12. The van der Waals surface area contributed by atoms with Gasteiger partial charge in [0.2, 0.25) is 0 Å². The van der Waals surface area contributed by atoms with Crippen LogP contribution in [0.25, 0.3) is 27.9 Å². The Balaban J connectivity index is 1.88. The van der Waals surface area contributed by atoms with Crippen LogP contribution in [0.3, 0.4) is 0 Å². The third-order valence-electron chi connectivity index (χ3n) is 4.45. The van der Waals surface area contributed by atoms with Crippen molar-refractivity contribution in [2.45, 2.75) is 19.4 Å². The van der Waals surface area contributed by atoms with Gasteiger partial charge in [0.25, 0.3) is 0 Å². The van der Waals surface area contributed by atoms with Crippen molar-refractivity contribution in [1.29, 1.82) is 0 Å². The molecule has 3 aromatic heterocycles. The summed E-state index contributed by atoms with van der Waals surface area (Å²) in [5.74, 6) is 0.674. The second-order valence-corrected chi connectivity index (χ2v) is 5.94. The van der Waals surface area contributed by atoms with Crippen LogP contribution in [0.2, 0.25) is 0 Å². The smallest absolute Gasteiger partial charge is 0.332 e. The predicted molar refractivity (Wildman–Crippen MR) is 89.7 cm³/mol. The molecule has 0 spiro atoms. The van der Waals surface area contributed by atoms with E-state index in [0.29, 0.717) is 23.5 Å². The SMILES string of the molecule is O=c1[nH]c2nccc3c2n1-c1ccc2ncn(c2c1)CCCCO3. The predicted octanol–water partition coefficient (Wildman–Crippen LogP) is 2.24. The zero-order valence-electron chi connectivity index (χ0n) is 12.9. The van der Waals surface area contributed by atoms with E-state index in [1.54, 1.807) is 16.8 Å². The van der Waals surface area contributed by atoms with Crippen LogP contribution < -0.4 is 10.4 Å². The molecule has 0 saturated heterocycles. The van der Waals surface area contributed by atoms with Crippen LogP contribution in [0.5, 0.6) is 5.75 Å². The van der Waals surface area contributed by atoms with Gasteiger partial charge in [-0.25, -0.2) is 14.8 Å². The van der Waals surface area contributed by atoms with E-state index >= 15 is 0 Å². The van der Waals surface area contributed by atoms with E-state index in [2.05, 4.69) is 19.5 Å². The molecule has 2 bridgehead atoms. The van der Waals surface area contributed by atoms with Crippen molar-refractivity contribution in [2.75, 3.05) is 6.61 Å². The third-order valence-corrected chi connectivity index (χ3v) is 4.45. The first-order valence-electron chi connectivity index (χ1n) is 7.99. The normalized spacial score (nSPS) is 14.5.